The fourth-order valence-electron chi connectivity index (χ4n) is 2.25. The van der Waals surface area contributed by atoms with Gasteiger partial charge in [0, 0.05) is 13.6 Å². The van der Waals surface area contributed by atoms with Crippen molar-refractivity contribution in [2.24, 2.45) is 0 Å². The summed E-state index contributed by atoms with van der Waals surface area (Å²) in [4.78, 5) is 13.8. The standard InChI is InChI=1S/C20H25NO2/c1-20(2,3)17-10-12-18(13-11-17)23-15-19(22)21(4)14-16-8-6-5-7-9-16/h5-13H,14-15H2,1-4H3. The van der Waals surface area contributed by atoms with Crippen molar-refractivity contribution in [3.63, 3.8) is 0 Å². The molecule has 0 heterocycles. The van der Waals surface area contributed by atoms with Gasteiger partial charge in [0.15, 0.2) is 6.61 Å². The van der Waals surface area contributed by atoms with Gasteiger partial charge in [-0.15, -0.1) is 0 Å². The average Bonchev–Trinajstić information content (AvgIpc) is 2.53. The van der Waals surface area contributed by atoms with Gasteiger partial charge in [-0.25, -0.2) is 0 Å². The van der Waals surface area contributed by atoms with Gasteiger partial charge in [0.25, 0.3) is 5.91 Å². The molecule has 0 aliphatic heterocycles. The second kappa shape index (κ2) is 7.32. The minimum Gasteiger partial charge on any atom is -0.484 e. The van der Waals surface area contributed by atoms with Gasteiger partial charge in [0.2, 0.25) is 0 Å². The van der Waals surface area contributed by atoms with Crippen LogP contribution in [0.5, 0.6) is 5.75 Å². The van der Waals surface area contributed by atoms with Gasteiger partial charge in [-0.3, -0.25) is 4.79 Å². The van der Waals surface area contributed by atoms with E-state index in [1.165, 1.54) is 5.56 Å². The SMILES string of the molecule is CN(Cc1ccccc1)C(=O)COc1ccc(C(C)(C)C)cc1. The Bertz CT molecular complexity index is 627. The highest BCUT2D eigenvalue weighted by atomic mass is 16.5. The zero-order valence-corrected chi connectivity index (χ0v) is 14.4. The summed E-state index contributed by atoms with van der Waals surface area (Å²) in [6.45, 7) is 7.16. The summed E-state index contributed by atoms with van der Waals surface area (Å²) < 4.78 is 5.60. The van der Waals surface area contributed by atoms with Gasteiger partial charge in [0.05, 0.1) is 0 Å². The highest BCUT2D eigenvalue weighted by molar-refractivity contribution is 5.77. The molecule has 0 N–H and O–H groups in total. The van der Waals surface area contributed by atoms with E-state index in [4.69, 9.17) is 4.74 Å². The third-order valence-electron chi connectivity index (χ3n) is 3.77. The lowest BCUT2D eigenvalue weighted by molar-refractivity contribution is -0.132. The Balaban J connectivity index is 1.86. The minimum absolute atomic E-state index is 0.0336. The normalized spacial score (nSPS) is 11.1. The van der Waals surface area contributed by atoms with Gasteiger partial charge < -0.3 is 9.64 Å². The van der Waals surface area contributed by atoms with Crippen molar-refractivity contribution < 1.29 is 9.53 Å². The van der Waals surface area contributed by atoms with Crippen molar-refractivity contribution in [3.8, 4) is 5.75 Å². The third-order valence-corrected chi connectivity index (χ3v) is 3.77. The summed E-state index contributed by atoms with van der Waals surface area (Å²) in [6.07, 6.45) is 0. The molecular weight excluding hydrogens is 286 g/mol. The highest BCUT2D eigenvalue weighted by Crippen LogP contribution is 2.24. The minimum atomic E-state index is -0.0336. The Labute approximate surface area is 138 Å². The van der Waals surface area contributed by atoms with Crippen LogP contribution in [-0.2, 0) is 16.8 Å². The topological polar surface area (TPSA) is 29.5 Å². The predicted molar refractivity (Wildman–Crippen MR) is 93.6 cm³/mol. The van der Waals surface area contributed by atoms with E-state index in [9.17, 15) is 4.79 Å². The molecule has 0 aliphatic rings. The zero-order chi connectivity index (χ0) is 16.9. The van der Waals surface area contributed by atoms with Crippen molar-refractivity contribution in [2.45, 2.75) is 32.7 Å². The third kappa shape index (κ3) is 5.13. The number of amides is 1. The fraction of sp³-hybridized carbons (Fsp3) is 0.350. The van der Waals surface area contributed by atoms with Crippen molar-refractivity contribution in [2.75, 3.05) is 13.7 Å². The van der Waals surface area contributed by atoms with Crippen molar-refractivity contribution in [1.29, 1.82) is 0 Å². The summed E-state index contributed by atoms with van der Waals surface area (Å²) in [5.41, 5.74) is 2.47. The van der Waals surface area contributed by atoms with Crippen molar-refractivity contribution >= 4 is 5.91 Å². The van der Waals surface area contributed by atoms with Crippen LogP contribution in [0.15, 0.2) is 54.6 Å². The zero-order valence-electron chi connectivity index (χ0n) is 14.4. The van der Waals surface area contributed by atoms with E-state index in [-0.39, 0.29) is 17.9 Å². The lowest BCUT2D eigenvalue weighted by Gasteiger charge is -2.20. The van der Waals surface area contributed by atoms with Gasteiger partial charge in [0.1, 0.15) is 5.75 Å². The lowest BCUT2D eigenvalue weighted by Crippen LogP contribution is -2.30. The smallest absolute Gasteiger partial charge is 0.260 e. The average molecular weight is 311 g/mol. The van der Waals surface area contributed by atoms with Crippen molar-refractivity contribution in [1.82, 2.24) is 4.90 Å². The van der Waals surface area contributed by atoms with E-state index < -0.39 is 0 Å². The van der Waals surface area contributed by atoms with Crippen LogP contribution < -0.4 is 4.74 Å². The molecule has 0 aliphatic carbocycles. The van der Waals surface area contributed by atoms with E-state index >= 15 is 0 Å². The number of carbonyl (C=O) groups is 1. The first-order valence-corrected chi connectivity index (χ1v) is 7.87. The van der Waals surface area contributed by atoms with Gasteiger partial charge >= 0.3 is 0 Å². The molecule has 3 heteroatoms. The molecule has 2 rings (SSSR count). The summed E-state index contributed by atoms with van der Waals surface area (Å²) in [7, 11) is 1.79. The maximum absolute atomic E-state index is 12.1. The number of nitrogens with zero attached hydrogens (tertiary/aromatic N) is 1. The first-order chi connectivity index (χ1) is 10.9. The van der Waals surface area contributed by atoms with Crippen LogP contribution in [0.1, 0.15) is 31.9 Å². The number of benzene rings is 2. The Kier molecular flexibility index (Phi) is 5.43. The first kappa shape index (κ1) is 17.1. The molecule has 0 aromatic heterocycles. The second-order valence-electron chi connectivity index (χ2n) is 6.80. The van der Waals surface area contributed by atoms with Crippen LogP contribution in [0.3, 0.4) is 0 Å². The Morgan fingerprint density at radius 3 is 2.17 bits per heavy atom. The summed E-state index contributed by atoms with van der Waals surface area (Å²) in [6, 6.07) is 17.9. The van der Waals surface area contributed by atoms with Crippen LogP contribution in [0.4, 0.5) is 0 Å². The molecule has 0 radical (unpaired) electrons. The van der Waals surface area contributed by atoms with E-state index in [0.717, 1.165) is 11.3 Å². The van der Waals surface area contributed by atoms with E-state index in [1.807, 2.05) is 54.6 Å². The second-order valence-corrected chi connectivity index (χ2v) is 6.80. The van der Waals surface area contributed by atoms with Crippen LogP contribution in [0, 0.1) is 0 Å². The summed E-state index contributed by atoms with van der Waals surface area (Å²) in [5, 5.41) is 0. The fourth-order valence-corrected chi connectivity index (χ4v) is 2.25. The van der Waals surface area contributed by atoms with Crippen LogP contribution in [-0.4, -0.2) is 24.5 Å². The van der Waals surface area contributed by atoms with Crippen LogP contribution in [0.2, 0.25) is 0 Å². The molecule has 0 saturated carbocycles. The van der Waals surface area contributed by atoms with Gasteiger partial charge in [-0.1, -0.05) is 63.2 Å². The summed E-state index contributed by atoms with van der Waals surface area (Å²) >= 11 is 0. The molecule has 1 amide bonds. The Morgan fingerprint density at radius 2 is 1.61 bits per heavy atom. The molecule has 0 fully saturated rings. The maximum atomic E-state index is 12.1. The van der Waals surface area contributed by atoms with Crippen LogP contribution >= 0.6 is 0 Å². The number of rotatable bonds is 5. The molecule has 23 heavy (non-hydrogen) atoms. The number of hydrogen-bond donors (Lipinski definition) is 0. The van der Waals surface area contributed by atoms with E-state index in [0.29, 0.717) is 6.54 Å². The number of likely N-dealkylation sites (N-methyl/N-ethyl adjacent to an activating group) is 1. The highest BCUT2D eigenvalue weighted by Gasteiger charge is 2.14. The molecule has 0 atom stereocenters. The largest absolute Gasteiger partial charge is 0.484 e. The molecule has 0 bridgehead atoms. The molecule has 2 aromatic rings. The number of ether oxygens (including phenoxy) is 1. The van der Waals surface area contributed by atoms with Crippen molar-refractivity contribution in [3.05, 3.63) is 65.7 Å². The monoisotopic (exact) mass is 311 g/mol. The lowest BCUT2D eigenvalue weighted by atomic mass is 9.87. The molecule has 0 saturated heterocycles. The predicted octanol–water partition coefficient (Wildman–Crippen LogP) is 4.02. The molecule has 122 valence electrons. The maximum Gasteiger partial charge on any atom is 0.260 e. The van der Waals surface area contributed by atoms with E-state index in [1.54, 1.807) is 11.9 Å². The molecule has 2 aromatic carbocycles. The molecule has 0 spiro atoms. The first-order valence-electron chi connectivity index (χ1n) is 7.87. The Morgan fingerprint density at radius 1 is 1.00 bits per heavy atom. The Hall–Kier alpha value is -2.29. The van der Waals surface area contributed by atoms with E-state index in [2.05, 4.69) is 20.8 Å². The quantitative estimate of drug-likeness (QED) is 0.834. The van der Waals surface area contributed by atoms with Gasteiger partial charge in [-0.05, 0) is 28.7 Å². The molecular formula is C20H25NO2. The summed E-state index contributed by atoms with van der Waals surface area (Å²) in [5.74, 6) is 0.688. The number of carbonyl (C=O) groups excluding carboxylic acids is 1. The molecule has 0 unspecified atom stereocenters. The van der Waals surface area contributed by atoms with Crippen LogP contribution in [0.25, 0.3) is 0 Å². The molecule has 3 nitrogen and oxygen atoms in total. The van der Waals surface area contributed by atoms with Gasteiger partial charge in [-0.2, -0.15) is 0 Å². The number of hydrogen-bond acceptors (Lipinski definition) is 2.